The van der Waals surface area contributed by atoms with Gasteiger partial charge in [-0.2, -0.15) is 0 Å². The van der Waals surface area contributed by atoms with E-state index < -0.39 is 11.8 Å². The highest BCUT2D eigenvalue weighted by atomic mass is 16.3. The number of fused-ring (bicyclic) bond motifs is 1. The first kappa shape index (κ1) is 41.0. The fraction of sp³-hybridized carbons (Fsp3) is 0.422. The zero-order valence-electron chi connectivity index (χ0n) is 32.6. The van der Waals surface area contributed by atoms with E-state index in [0.717, 1.165) is 101 Å². The molecule has 3 amide bonds. The lowest BCUT2D eigenvalue weighted by Gasteiger charge is -2.26. The maximum absolute atomic E-state index is 13.3. The van der Waals surface area contributed by atoms with Gasteiger partial charge in [-0.25, -0.2) is 4.98 Å². The predicted octanol–water partition coefficient (Wildman–Crippen LogP) is 6.61. The third-order valence-electron chi connectivity index (χ3n) is 11.1. The molecule has 57 heavy (non-hydrogen) atoms. The van der Waals surface area contributed by atoms with Crippen LogP contribution in [-0.4, -0.2) is 77.0 Å². The molecule has 6 rings (SSSR count). The number of carbonyl (C=O) groups is 5. The summed E-state index contributed by atoms with van der Waals surface area (Å²) >= 11 is 0. The molecule has 6 N–H and O–H groups in total. The number of anilines is 2. The lowest BCUT2D eigenvalue weighted by Crippen LogP contribution is -2.43. The van der Waals surface area contributed by atoms with Crippen LogP contribution >= 0.6 is 0 Å². The number of nitrogens with two attached hydrogens (primary N) is 1. The van der Waals surface area contributed by atoms with Gasteiger partial charge in [0.2, 0.25) is 17.7 Å². The minimum Gasteiger partial charge on any atom is -0.507 e. The van der Waals surface area contributed by atoms with Crippen molar-refractivity contribution in [1.82, 2.24) is 20.5 Å². The number of pyridine rings is 1. The molecule has 12 heteroatoms. The van der Waals surface area contributed by atoms with E-state index in [-0.39, 0.29) is 53.1 Å². The van der Waals surface area contributed by atoms with Crippen molar-refractivity contribution in [3.8, 4) is 16.9 Å². The summed E-state index contributed by atoms with van der Waals surface area (Å²) in [7, 11) is 0. The molecule has 1 aliphatic carbocycles. The molecule has 1 unspecified atom stereocenters. The second-order valence-corrected chi connectivity index (χ2v) is 15.2. The van der Waals surface area contributed by atoms with Gasteiger partial charge in [0, 0.05) is 78.7 Å². The molecular formula is C45H54N6O6. The Balaban J connectivity index is 0.814. The summed E-state index contributed by atoms with van der Waals surface area (Å²) in [6.45, 7) is 4.04. The normalized spacial score (nSPS) is 18.1. The van der Waals surface area contributed by atoms with Gasteiger partial charge in [-0.05, 0) is 69.3 Å². The number of piperidine rings is 1. The average Bonchev–Trinajstić information content (AvgIpc) is 3.43. The molecule has 0 bridgehead atoms. The van der Waals surface area contributed by atoms with Gasteiger partial charge in [-0.15, -0.1) is 0 Å². The van der Waals surface area contributed by atoms with Crippen LogP contribution in [0.2, 0.25) is 0 Å². The summed E-state index contributed by atoms with van der Waals surface area (Å²) < 4.78 is 0. The molecule has 2 saturated heterocycles. The maximum atomic E-state index is 13.3. The van der Waals surface area contributed by atoms with Crippen molar-refractivity contribution in [3.63, 3.8) is 0 Å². The van der Waals surface area contributed by atoms with Crippen LogP contribution in [0.15, 0.2) is 72.0 Å². The minimum atomic E-state index is -0.796. The van der Waals surface area contributed by atoms with Crippen molar-refractivity contribution in [1.29, 1.82) is 0 Å². The molecule has 2 aliphatic heterocycles. The molecule has 0 spiro atoms. The Morgan fingerprint density at radius 2 is 1.68 bits per heavy atom. The molecule has 300 valence electrons. The standard InChI is InChI=1S/C45H54N6O6/c46-44-31(27-32(29-49-44)33-13-7-8-16-38(33)52)26-30-12-11-23-51(24-20-30)25-22-48-40(54)17-6-4-2-1-3-5-9-21-47-37-15-10-14-35-42(37)39(53)28-36(43(35)56)34-18-19-41(55)50-45(34)57/h7-8,10,13-16,26-29,34,47,52H,1-6,9,11-12,17-25H2,(H2,46,49)(H,48,54)(H,50,55,57)/b30-26-. The lowest BCUT2D eigenvalue weighted by molar-refractivity contribution is -0.135. The minimum absolute atomic E-state index is 0.106. The van der Waals surface area contributed by atoms with E-state index in [1.54, 1.807) is 36.5 Å². The summed E-state index contributed by atoms with van der Waals surface area (Å²) in [6, 6.07) is 14.4. The molecule has 12 nitrogen and oxygen atoms in total. The van der Waals surface area contributed by atoms with Crippen molar-refractivity contribution in [2.24, 2.45) is 5.92 Å². The second kappa shape index (κ2) is 20.0. The number of ketones is 2. The number of hydrogen-bond donors (Lipinski definition) is 5. The molecule has 0 radical (unpaired) electrons. The highest BCUT2D eigenvalue weighted by Gasteiger charge is 2.37. The van der Waals surface area contributed by atoms with E-state index >= 15 is 0 Å². The first-order chi connectivity index (χ1) is 27.7. The molecule has 0 saturated carbocycles. The fourth-order valence-electron chi connectivity index (χ4n) is 7.93. The molecule has 1 aromatic heterocycles. The van der Waals surface area contributed by atoms with Crippen LogP contribution < -0.4 is 21.7 Å². The van der Waals surface area contributed by atoms with Crippen LogP contribution in [0, 0.1) is 5.92 Å². The largest absolute Gasteiger partial charge is 0.507 e. The highest BCUT2D eigenvalue weighted by molar-refractivity contribution is 6.28. The number of nitrogens with one attached hydrogen (secondary N) is 3. The van der Waals surface area contributed by atoms with Crippen LogP contribution in [0.5, 0.6) is 5.75 Å². The van der Waals surface area contributed by atoms with Crippen molar-refractivity contribution in [2.45, 2.75) is 83.5 Å². The van der Waals surface area contributed by atoms with E-state index in [2.05, 4.69) is 31.9 Å². The number of unbranched alkanes of at least 4 members (excludes halogenated alkanes) is 6. The van der Waals surface area contributed by atoms with Gasteiger partial charge in [0.05, 0.1) is 11.5 Å². The first-order valence-electron chi connectivity index (χ1n) is 20.4. The number of aromatic hydroxyl groups is 1. The van der Waals surface area contributed by atoms with E-state index in [0.29, 0.717) is 36.6 Å². The Hall–Kier alpha value is -5.62. The molecule has 3 aliphatic rings. The van der Waals surface area contributed by atoms with Crippen molar-refractivity contribution >= 4 is 46.9 Å². The van der Waals surface area contributed by atoms with Gasteiger partial charge in [0.1, 0.15) is 11.6 Å². The van der Waals surface area contributed by atoms with Gasteiger partial charge in [0.15, 0.2) is 11.6 Å². The zero-order chi connectivity index (χ0) is 40.1. The van der Waals surface area contributed by atoms with Gasteiger partial charge in [-0.1, -0.05) is 74.1 Å². The number of amides is 3. The van der Waals surface area contributed by atoms with Crippen LogP contribution in [0.4, 0.5) is 11.5 Å². The molecule has 3 aromatic rings. The number of phenolic OH excluding ortho intramolecular Hbond substituents is 1. The number of aromatic nitrogens is 1. The number of likely N-dealkylation sites (tertiary alicyclic amines) is 1. The summed E-state index contributed by atoms with van der Waals surface area (Å²) in [4.78, 5) is 69.6. The van der Waals surface area contributed by atoms with E-state index in [1.165, 1.54) is 11.6 Å². The van der Waals surface area contributed by atoms with Crippen molar-refractivity contribution in [2.75, 3.05) is 43.8 Å². The summed E-state index contributed by atoms with van der Waals surface area (Å²) in [5.74, 6) is -1.54. The number of hydrogen-bond acceptors (Lipinski definition) is 10. The van der Waals surface area contributed by atoms with Crippen LogP contribution in [0.3, 0.4) is 0 Å². The Labute approximate surface area is 334 Å². The molecule has 1 atom stereocenters. The quantitative estimate of drug-likeness (QED) is 0.0739. The number of nitrogens with zero attached hydrogens (tertiary/aromatic N) is 2. The van der Waals surface area contributed by atoms with Gasteiger partial charge >= 0.3 is 0 Å². The third-order valence-corrected chi connectivity index (χ3v) is 11.1. The Kier molecular flexibility index (Phi) is 14.4. The van der Waals surface area contributed by atoms with Gasteiger partial charge in [-0.3, -0.25) is 29.3 Å². The topological polar surface area (TPSA) is 184 Å². The number of carbonyl (C=O) groups excluding carboxylic acids is 5. The lowest BCUT2D eigenvalue weighted by atomic mass is 9.79. The van der Waals surface area contributed by atoms with Crippen LogP contribution in [-0.2, 0) is 14.4 Å². The van der Waals surface area contributed by atoms with E-state index in [1.807, 2.05) is 18.2 Å². The predicted molar refractivity (Wildman–Crippen MR) is 222 cm³/mol. The Bertz CT molecular complexity index is 2040. The SMILES string of the molecule is Nc1ncc(-c2ccccc2O)cc1/C=C1/CCCN(CCNC(=O)CCCCCCCCCNc2cccc3c2C(=O)C=C(C2CCC(=O)NC2=O)C3=O)CC1. The number of nitrogen functional groups attached to an aromatic ring is 1. The number of imide groups is 1. The number of Topliss-reactive ketones (excluding diaryl/α,β-unsaturated/α-hetero) is 1. The number of phenols is 1. The summed E-state index contributed by atoms with van der Waals surface area (Å²) in [5, 5.41) is 19.0. The average molecular weight is 775 g/mol. The maximum Gasteiger partial charge on any atom is 0.234 e. The second-order valence-electron chi connectivity index (χ2n) is 15.2. The molecule has 3 heterocycles. The monoisotopic (exact) mass is 774 g/mol. The Morgan fingerprint density at radius 3 is 2.49 bits per heavy atom. The molecule has 2 aromatic carbocycles. The summed E-state index contributed by atoms with van der Waals surface area (Å²) in [6.07, 6.45) is 16.0. The highest BCUT2D eigenvalue weighted by Crippen LogP contribution is 2.34. The van der Waals surface area contributed by atoms with E-state index in [4.69, 9.17) is 5.73 Å². The summed E-state index contributed by atoms with van der Waals surface area (Å²) in [5.41, 5.74) is 11.4. The smallest absolute Gasteiger partial charge is 0.234 e. The number of allylic oxidation sites excluding steroid dienone is 1. The van der Waals surface area contributed by atoms with E-state index in [9.17, 15) is 29.1 Å². The van der Waals surface area contributed by atoms with Crippen molar-refractivity contribution in [3.05, 3.63) is 88.6 Å². The van der Waals surface area contributed by atoms with Crippen LogP contribution in [0.25, 0.3) is 17.2 Å². The third kappa shape index (κ3) is 11.0. The van der Waals surface area contributed by atoms with Crippen molar-refractivity contribution < 1.29 is 29.1 Å². The number of benzene rings is 2. The molecule has 2 fully saturated rings. The van der Waals surface area contributed by atoms with Crippen LogP contribution in [0.1, 0.15) is 110 Å². The fourth-order valence-corrected chi connectivity index (χ4v) is 7.93. The van der Waals surface area contributed by atoms with Gasteiger partial charge < -0.3 is 26.4 Å². The number of para-hydroxylation sites is 1. The Morgan fingerprint density at radius 1 is 0.912 bits per heavy atom. The molecular weight excluding hydrogens is 721 g/mol. The first-order valence-corrected chi connectivity index (χ1v) is 20.4. The zero-order valence-corrected chi connectivity index (χ0v) is 32.6. The van der Waals surface area contributed by atoms with Gasteiger partial charge in [0.25, 0.3) is 0 Å². The number of rotatable bonds is 17.